The first-order chi connectivity index (χ1) is 15.8. The van der Waals surface area contributed by atoms with Gasteiger partial charge < -0.3 is 10.2 Å². The number of halogens is 1. The zero-order valence-electron chi connectivity index (χ0n) is 20.6. The number of carbonyl (C=O) groups excluding carboxylic acids is 2. The number of carbonyl (C=O) groups is 2. The summed E-state index contributed by atoms with van der Waals surface area (Å²) < 4.78 is 26.3. The summed E-state index contributed by atoms with van der Waals surface area (Å²) in [7, 11) is -3.76. The Morgan fingerprint density at radius 3 is 2.12 bits per heavy atom. The van der Waals surface area contributed by atoms with Crippen LogP contribution in [0.15, 0.2) is 48.5 Å². The average Bonchev–Trinajstić information content (AvgIpc) is 2.74. The molecule has 0 bridgehead atoms. The highest BCUT2D eigenvalue weighted by molar-refractivity contribution is 7.92. The molecule has 0 saturated carbocycles. The molecule has 0 spiro atoms. The number of benzene rings is 2. The van der Waals surface area contributed by atoms with Crippen LogP contribution < -0.4 is 9.62 Å². The highest BCUT2D eigenvalue weighted by Gasteiger charge is 2.30. The van der Waals surface area contributed by atoms with E-state index >= 15 is 0 Å². The zero-order chi connectivity index (χ0) is 25.6. The number of nitrogens with one attached hydrogen (secondary N) is 1. The van der Waals surface area contributed by atoms with E-state index in [2.05, 4.69) is 5.32 Å². The van der Waals surface area contributed by atoms with Crippen molar-refractivity contribution in [3.63, 3.8) is 0 Å². The van der Waals surface area contributed by atoms with Crippen molar-refractivity contribution in [2.75, 3.05) is 17.1 Å². The van der Waals surface area contributed by atoms with Crippen molar-refractivity contribution < 1.29 is 18.0 Å². The third kappa shape index (κ3) is 7.74. The number of nitrogens with zero attached hydrogens (tertiary/aromatic N) is 2. The fourth-order valence-corrected chi connectivity index (χ4v) is 4.52. The van der Waals surface area contributed by atoms with Gasteiger partial charge in [-0.05, 0) is 62.1 Å². The molecule has 0 aliphatic heterocycles. The summed E-state index contributed by atoms with van der Waals surface area (Å²) >= 11 is 6.11. The van der Waals surface area contributed by atoms with Gasteiger partial charge in [0.1, 0.15) is 12.6 Å². The number of hydrogen-bond donors (Lipinski definition) is 1. The van der Waals surface area contributed by atoms with E-state index in [0.29, 0.717) is 10.7 Å². The van der Waals surface area contributed by atoms with E-state index in [-0.39, 0.29) is 24.4 Å². The summed E-state index contributed by atoms with van der Waals surface area (Å²) in [5.74, 6) is -0.529. The minimum atomic E-state index is -3.76. The lowest BCUT2D eigenvalue weighted by molar-refractivity contribution is -0.139. The molecular weight excluding hydrogens is 474 g/mol. The van der Waals surface area contributed by atoms with Crippen LogP contribution in [0.1, 0.15) is 51.7 Å². The van der Waals surface area contributed by atoms with Crippen LogP contribution in [-0.4, -0.2) is 50.0 Å². The Morgan fingerprint density at radius 2 is 1.62 bits per heavy atom. The molecule has 2 rings (SSSR count). The first kappa shape index (κ1) is 27.7. The summed E-state index contributed by atoms with van der Waals surface area (Å²) in [6.45, 7) is 9.06. The second-order valence-corrected chi connectivity index (χ2v) is 11.3. The molecule has 2 amide bonds. The summed E-state index contributed by atoms with van der Waals surface area (Å²) in [4.78, 5) is 27.6. The lowest BCUT2D eigenvalue weighted by Gasteiger charge is -2.32. The SMILES string of the molecule is CC(C)NC(=O)[C@@H](C)N(Cc1cccc(Cl)c1)C(=O)CN(c1ccc(C(C)C)cc1)S(C)(=O)=O. The van der Waals surface area contributed by atoms with Crippen molar-refractivity contribution in [1.82, 2.24) is 10.2 Å². The second kappa shape index (κ2) is 11.7. The molecule has 34 heavy (non-hydrogen) atoms. The number of hydrogen-bond acceptors (Lipinski definition) is 4. The molecule has 1 N–H and O–H groups in total. The summed E-state index contributed by atoms with van der Waals surface area (Å²) in [5, 5.41) is 3.32. The molecule has 0 radical (unpaired) electrons. The van der Waals surface area contributed by atoms with Crippen LogP contribution in [-0.2, 0) is 26.2 Å². The quantitative estimate of drug-likeness (QED) is 0.523. The molecule has 0 aliphatic carbocycles. The lowest BCUT2D eigenvalue weighted by Crippen LogP contribution is -2.52. The third-order valence-corrected chi connectivity index (χ3v) is 6.74. The van der Waals surface area contributed by atoms with Gasteiger partial charge in [0.25, 0.3) is 0 Å². The van der Waals surface area contributed by atoms with Crippen molar-refractivity contribution in [1.29, 1.82) is 0 Å². The highest BCUT2D eigenvalue weighted by Crippen LogP contribution is 2.23. The van der Waals surface area contributed by atoms with Gasteiger partial charge in [0.2, 0.25) is 21.8 Å². The number of sulfonamides is 1. The van der Waals surface area contributed by atoms with Gasteiger partial charge in [0.15, 0.2) is 0 Å². The van der Waals surface area contributed by atoms with E-state index in [4.69, 9.17) is 11.6 Å². The normalized spacial score (nSPS) is 12.5. The molecular formula is C25H34ClN3O4S. The van der Waals surface area contributed by atoms with Crippen molar-refractivity contribution in [3.05, 3.63) is 64.7 Å². The molecule has 0 aromatic heterocycles. The third-order valence-electron chi connectivity index (χ3n) is 5.37. The Hall–Kier alpha value is -2.58. The molecule has 0 saturated heterocycles. The molecule has 9 heteroatoms. The Morgan fingerprint density at radius 1 is 1.00 bits per heavy atom. The predicted octanol–water partition coefficient (Wildman–Crippen LogP) is 4.17. The molecule has 7 nitrogen and oxygen atoms in total. The van der Waals surface area contributed by atoms with Gasteiger partial charge in [0.05, 0.1) is 11.9 Å². The first-order valence-electron chi connectivity index (χ1n) is 11.2. The maximum Gasteiger partial charge on any atom is 0.244 e. The van der Waals surface area contributed by atoms with E-state index < -0.39 is 28.5 Å². The van der Waals surface area contributed by atoms with Crippen molar-refractivity contribution >= 4 is 39.1 Å². The van der Waals surface area contributed by atoms with Crippen LogP contribution in [0.3, 0.4) is 0 Å². The topological polar surface area (TPSA) is 86.8 Å². The maximum atomic E-state index is 13.5. The molecule has 2 aromatic rings. The van der Waals surface area contributed by atoms with Crippen molar-refractivity contribution in [2.45, 2.75) is 59.2 Å². The predicted molar refractivity (Wildman–Crippen MR) is 137 cm³/mol. The van der Waals surface area contributed by atoms with Gasteiger partial charge in [-0.25, -0.2) is 8.42 Å². The summed E-state index contributed by atoms with van der Waals surface area (Å²) in [6.07, 6.45) is 1.06. The van der Waals surface area contributed by atoms with E-state index in [9.17, 15) is 18.0 Å². The van der Waals surface area contributed by atoms with E-state index in [1.807, 2.05) is 39.8 Å². The van der Waals surface area contributed by atoms with Gasteiger partial charge in [-0.15, -0.1) is 0 Å². The molecule has 0 fully saturated rings. The maximum absolute atomic E-state index is 13.5. The Bertz CT molecular complexity index is 1100. The lowest BCUT2D eigenvalue weighted by atomic mass is 10.0. The van der Waals surface area contributed by atoms with Gasteiger partial charge >= 0.3 is 0 Å². The van der Waals surface area contributed by atoms with Crippen molar-refractivity contribution in [3.8, 4) is 0 Å². The Balaban J connectivity index is 2.38. The molecule has 2 aromatic carbocycles. The van der Waals surface area contributed by atoms with Gasteiger partial charge in [0, 0.05) is 17.6 Å². The monoisotopic (exact) mass is 507 g/mol. The average molecular weight is 508 g/mol. The minimum Gasteiger partial charge on any atom is -0.352 e. The number of amides is 2. The summed E-state index contributed by atoms with van der Waals surface area (Å²) in [6, 6.07) is 13.2. The van der Waals surface area contributed by atoms with E-state index in [1.54, 1.807) is 43.3 Å². The largest absolute Gasteiger partial charge is 0.352 e. The molecule has 1 atom stereocenters. The van der Waals surface area contributed by atoms with Crippen LogP contribution in [0.25, 0.3) is 0 Å². The molecule has 0 unspecified atom stereocenters. The van der Waals surface area contributed by atoms with Crippen LogP contribution in [0.2, 0.25) is 5.02 Å². The first-order valence-corrected chi connectivity index (χ1v) is 13.4. The molecule has 186 valence electrons. The highest BCUT2D eigenvalue weighted by atomic mass is 35.5. The van der Waals surface area contributed by atoms with Gasteiger partial charge in [-0.1, -0.05) is 49.7 Å². The second-order valence-electron chi connectivity index (χ2n) is 9.01. The molecule has 0 aliphatic rings. The van der Waals surface area contributed by atoms with Crippen molar-refractivity contribution in [2.24, 2.45) is 0 Å². The fourth-order valence-electron chi connectivity index (χ4n) is 3.46. The van der Waals surface area contributed by atoms with Crippen LogP contribution in [0, 0.1) is 0 Å². The Labute approximate surface area is 208 Å². The van der Waals surface area contributed by atoms with E-state index in [1.165, 1.54) is 4.90 Å². The van der Waals surface area contributed by atoms with Crippen LogP contribution in [0.4, 0.5) is 5.69 Å². The fraction of sp³-hybridized carbons (Fsp3) is 0.440. The van der Waals surface area contributed by atoms with Gasteiger partial charge in [-0.3, -0.25) is 13.9 Å². The standard InChI is InChI=1S/C25H34ClN3O4S/c1-17(2)21-10-12-23(13-11-21)29(34(6,32)33)16-24(30)28(19(5)25(31)27-18(3)4)15-20-8-7-9-22(26)14-20/h7-14,17-19H,15-16H2,1-6H3,(H,27,31)/t19-/m1/s1. The number of anilines is 1. The minimum absolute atomic E-state index is 0.106. The molecule has 0 heterocycles. The Kier molecular flexibility index (Phi) is 9.53. The smallest absolute Gasteiger partial charge is 0.244 e. The summed E-state index contributed by atoms with van der Waals surface area (Å²) in [5.41, 5.74) is 2.18. The number of rotatable bonds is 10. The van der Waals surface area contributed by atoms with E-state index in [0.717, 1.165) is 21.7 Å². The zero-order valence-corrected chi connectivity index (χ0v) is 22.2. The van der Waals surface area contributed by atoms with Gasteiger partial charge in [-0.2, -0.15) is 0 Å². The van der Waals surface area contributed by atoms with Crippen LogP contribution >= 0.6 is 11.6 Å². The van der Waals surface area contributed by atoms with Crippen LogP contribution in [0.5, 0.6) is 0 Å².